The van der Waals surface area contributed by atoms with E-state index in [1.807, 2.05) is 0 Å². The highest BCUT2D eigenvalue weighted by Crippen LogP contribution is 2.19. The molecule has 0 unspecified atom stereocenters. The topological polar surface area (TPSA) is 27.6 Å². The third-order valence-electron chi connectivity index (χ3n) is 3.60. The molecule has 0 spiro atoms. The van der Waals surface area contributed by atoms with Gasteiger partial charge < -0.3 is 10.2 Å². The van der Waals surface area contributed by atoms with Gasteiger partial charge in [0, 0.05) is 24.9 Å². The number of aliphatic imine (C=N–C) groups is 1. The molecule has 2 heterocycles. The first-order valence-corrected chi connectivity index (χ1v) is 7.09. The minimum atomic E-state index is 0.402. The number of nitrogens with one attached hydrogen (secondary N) is 1. The Hall–Kier alpha value is -1.00. The molecule has 0 radical (unpaired) electrons. The Bertz CT molecular complexity index is 432. The second-order valence-electron chi connectivity index (χ2n) is 5.00. The summed E-state index contributed by atoms with van der Waals surface area (Å²) in [5, 5.41) is 3.98. The maximum atomic E-state index is 4.68. The third kappa shape index (κ3) is 2.54. The Morgan fingerprint density at radius 2 is 2.17 bits per heavy atom. The van der Waals surface area contributed by atoms with Gasteiger partial charge in [0.1, 0.15) is 5.84 Å². The van der Waals surface area contributed by atoms with Crippen LogP contribution in [-0.2, 0) is 6.54 Å². The molecule has 0 aliphatic carbocycles. The maximum Gasteiger partial charge on any atom is 0.117 e. The Morgan fingerprint density at radius 1 is 1.33 bits per heavy atom. The minimum absolute atomic E-state index is 0.402. The highest BCUT2D eigenvalue weighted by Gasteiger charge is 2.30. The lowest BCUT2D eigenvalue weighted by molar-refractivity contribution is 0.433. The third-order valence-corrected chi connectivity index (χ3v) is 4.00. The zero-order chi connectivity index (χ0) is 12.4. The lowest BCUT2D eigenvalue weighted by atomic mass is 10.1. The molecule has 0 aromatic heterocycles. The van der Waals surface area contributed by atoms with Crippen LogP contribution in [0.15, 0.2) is 35.3 Å². The number of thiol groups is 1. The van der Waals surface area contributed by atoms with Gasteiger partial charge in [0.15, 0.2) is 0 Å². The minimum Gasteiger partial charge on any atom is -0.353 e. The van der Waals surface area contributed by atoms with Crippen molar-refractivity contribution in [3.05, 3.63) is 35.9 Å². The molecule has 2 aliphatic heterocycles. The molecule has 1 saturated heterocycles. The highest BCUT2D eigenvalue weighted by atomic mass is 32.1. The summed E-state index contributed by atoms with van der Waals surface area (Å²) in [5.41, 5.74) is 1.35. The van der Waals surface area contributed by atoms with Gasteiger partial charge in [-0.05, 0) is 12.0 Å². The number of benzene rings is 1. The van der Waals surface area contributed by atoms with E-state index in [0.717, 1.165) is 32.6 Å². The summed E-state index contributed by atoms with van der Waals surface area (Å²) < 4.78 is 0. The van der Waals surface area contributed by atoms with Crippen LogP contribution in [0.4, 0.5) is 0 Å². The van der Waals surface area contributed by atoms with E-state index in [1.54, 1.807) is 0 Å². The average Bonchev–Trinajstić information content (AvgIpc) is 2.99. The summed E-state index contributed by atoms with van der Waals surface area (Å²) in [7, 11) is 0. The van der Waals surface area contributed by atoms with E-state index in [-0.39, 0.29) is 0 Å². The van der Waals surface area contributed by atoms with Crippen LogP contribution in [0.1, 0.15) is 12.0 Å². The molecule has 3 rings (SSSR count). The molecule has 0 saturated carbocycles. The first kappa shape index (κ1) is 12.1. The van der Waals surface area contributed by atoms with E-state index in [2.05, 4.69) is 58.2 Å². The fourth-order valence-corrected chi connectivity index (χ4v) is 3.02. The molecule has 2 atom stereocenters. The van der Waals surface area contributed by atoms with Crippen molar-refractivity contribution in [3.8, 4) is 0 Å². The Labute approximate surface area is 114 Å². The average molecular weight is 261 g/mol. The molecule has 2 aliphatic rings. The van der Waals surface area contributed by atoms with Gasteiger partial charge >= 0.3 is 0 Å². The van der Waals surface area contributed by atoms with Crippen LogP contribution >= 0.6 is 12.6 Å². The molecule has 1 aromatic carbocycles. The van der Waals surface area contributed by atoms with E-state index >= 15 is 0 Å². The first-order valence-electron chi connectivity index (χ1n) is 6.57. The SMILES string of the molecule is S[C@@H]1CN[C@H](C2=NCCN2Cc2ccccc2)C1. The molecule has 96 valence electrons. The molecule has 0 bridgehead atoms. The van der Waals surface area contributed by atoms with Gasteiger partial charge in [0.05, 0.1) is 12.6 Å². The Balaban J connectivity index is 1.68. The van der Waals surface area contributed by atoms with Crippen molar-refractivity contribution >= 4 is 18.5 Å². The second kappa shape index (κ2) is 5.33. The van der Waals surface area contributed by atoms with Gasteiger partial charge in [0.2, 0.25) is 0 Å². The van der Waals surface area contributed by atoms with Crippen molar-refractivity contribution in [3.63, 3.8) is 0 Å². The molecule has 3 nitrogen and oxygen atoms in total. The molecule has 1 fully saturated rings. The molecular formula is C14H19N3S. The van der Waals surface area contributed by atoms with Crippen LogP contribution in [-0.4, -0.2) is 41.7 Å². The van der Waals surface area contributed by atoms with Crippen molar-refractivity contribution in [2.24, 2.45) is 4.99 Å². The summed E-state index contributed by atoms with van der Waals surface area (Å²) >= 11 is 4.54. The molecule has 4 heteroatoms. The van der Waals surface area contributed by atoms with Crippen molar-refractivity contribution in [1.82, 2.24) is 10.2 Å². The summed E-state index contributed by atoms with van der Waals surface area (Å²) in [5.74, 6) is 1.23. The fraction of sp³-hybridized carbons (Fsp3) is 0.500. The predicted molar refractivity (Wildman–Crippen MR) is 78.3 cm³/mol. The van der Waals surface area contributed by atoms with Crippen LogP contribution in [0.25, 0.3) is 0 Å². The largest absolute Gasteiger partial charge is 0.353 e. The monoisotopic (exact) mass is 261 g/mol. The van der Waals surface area contributed by atoms with E-state index in [1.165, 1.54) is 11.4 Å². The van der Waals surface area contributed by atoms with Crippen molar-refractivity contribution in [1.29, 1.82) is 0 Å². The van der Waals surface area contributed by atoms with Crippen molar-refractivity contribution in [2.45, 2.75) is 24.3 Å². The van der Waals surface area contributed by atoms with Gasteiger partial charge in [-0.3, -0.25) is 4.99 Å². The normalized spacial score (nSPS) is 27.6. The Kier molecular flexibility index (Phi) is 3.57. The van der Waals surface area contributed by atoms with Gasteiger partial charge in [0.25, 0.3) is 0 Å². The molecule has 0 amide bonds. The van der Waals surface area contributed by atoms with Crippen molar-refractivity contribution in [2.75, 3.05) is 19.6 Å². The van der Waals surface area contributed by atoms with Gasteiger partial charge in [-0.15, -0.1) is 0 Å². The van der Waals surface area contributed by atoms with Crippen LogP contribution < -0.4 is 5.32 Å². The standard InChI is InChI=1S/C14H19N3S/c18-12-8-13(16-9-12)14-15-6-7-17(14)10-11-4-2-1-3-5-11/h1-5,12-13,16,18H,6-10H2/t12-,13-/m0/s1. The molecule has 18 heavy (non-hydrogen) atoms. The zero-order valence-corrected chi connectivity index (χ0v) is 11.3. The summed E-state index contributed by atoms with van der Waals surface area (Å²) in [6.45, 7) is 3.93. The van der Waals surface area contributed by atoms with Gasteiger partial charge in [-0.1, -0.05) is 30.3 Å². The van der Waals surface area contributed by atoms with E-state index in [0.29, 0.717) is 11.3 Å². The fourth-order valence-electron chi connectivity index (χ4n) is 2.71. The van der Waals surface area contributed by atoms with Gasteiger partial charge in [-0.25, -0.2) is 0 Å². The number of rotatable bonds is 3. The summed E-state index contributed by atoms with van der Waals surface area (Å²) in [4.78, 5) is 7.08. The number of hydrogen-bond donors (Lipinski definition) is 2. The molecular weight excluding hydrogens is 242 g/mol. The lowest BCUT2D eigenvalue weighted by Gasteiger charge is -2.24. The number of hydrogen-bond acceptors (Lipinski definition) is 4. The molecule has 1 aromatic rings. The van der Waals surface area contributed by atoms with E-state index in [9.17, 15) is 0 Å². The van der Waals surface area contributed by atoms with Crippen LogP contribution in [0.3, 0.4) is 0 Å². The van der Waals surface area contributed by atoms with Crippen molar-refractivity contribution < 1.29 is 0 Å². The number of nitrogens with zero attached hydrogens (tertiary/aromatic N) is 2. The first-order chi connectivity index (χ1) is 8.83. The highest BCUT2D eigenvalue weighted by molar-refractivity contribution is 7.81. The lowest BCUT2D eigenvalue weighted by Crippen LogP contribution is -2.40. The van der Waals surface area contributed by atoms with Crippen LogP contribution in [0.2, 0.25) is 0 Å². The summed E-state index contributed by atoms with van der Waals surface area (Å²) in [6, 6.07) is 11.0. The quantitative estimate of drug-likeness (QED) is 0.808. The van der Waals surface area contributed by atoms with E-state index in [4.69, 9.17) is 0 Å². The van der Waals surface area contributed by atoms with Crippen LogP contribution in [0.5, 0.6) is 0 Å². The predicted octanol–water partition coefficient (Wildman–Crippen LogP) is 1.56. The van der Waals surface area contributed by atoms with E-state index < -0.39 is 0 Å². The van der Waals surface area contributed by atoms with Gasteiger partial charge in [-0.2, -0.15) is 12.6 Å². The number of amidine groups is 1. The van der Waals surface area contributed by atoms with Crippen LogP contribution in [0, 0.1) is 0 Å². The zero-order valence-electron chi connectivity index (χ0n) is 10.4. The second-order valence-corrected chi connectivity index (χ2v) is 5.73. The maximum absolute atomic E-state index is 4.68. The molecule has 1 N–H and O–H groups in total. The Morgan fingerprint density at radius 3 is 2.89 bits per heavy atom. The summed E-state index contributed by atoms with van der Waals surface area (Å²) in [6.07, 6.45) is 1.09. The smallest absolute Gasteiger partial charge is 0.117 e.